The van der Waals surface area contributed by atoms with Crippen LogP contribution in [-0.4, -0.2) is 26.7 Å². The zero-order valence-corrected chi connectivity index (χ0v) is 10.7. The first kappa shape index (κ1) is 11.2. The minimum atomic E-state index is 0.243. The predicted octanol–water partition coefficient (Wildman–Crippen LogP) is 2.13. The van der Waals surface area contributed by atoms with E-state index >= 15 is 0 Å². The molecule has 0 saturated heterocycles. The third-order valence-corrected chi connectivity index (χ3v) is 6.23. The SMILES string of the molecule is OCC1([Se]c2ccccc2)CCCCC1. The van der Waals surface area contributed by atoms with Crippen LogP contribution < -0.4 is 4.46 Å². The van der Waals surface area contributed by atoms with E-state index in [0.717, 1.165) is 0 Å². The molecule has 1 aromatic rings. The van der Waals surface area contributed by atoms with E-state index in [4.69, 9.17) is 0 Å². The summed E-state index contributed by atoms with van der Waals surface area (Å²) in [5, 5.41) is 9.62. The number of hydrogen-bond acceptors (Lipinski definition) is 1. The first-order chi connectivity index (χ1) is 7.35. The van der Waals surface area contributed by atoms with E-state index in [2.05, 4.69) is 30.3 Å². The summed E-state index contributed by atoms with van der Waals surface area (Å²) in [6, 6.07) is 10.7. The Morgan fingerprint density at radius 1 is 1.07 bits per heavy atom. The normalized spacial score (nSPS) is 20.1. The van der Waals surface area contributed by atoms with E-state index in [1.807, 2.05) is 0 Å². The maximum atomic E-state index is 9.62. The second-order valence-electron chi connectivity index (χ2n) is 4.32. The summed E-state index contributed by atoms with van der Waals surface area (Å²) >= 11 is 0.434. The van der Waals surface area contributed by atoms with Crippen LogP contribution in [0.3, 0.4) is 0 Å². The van der Waals surface area contributed by atoms with Crippen molar-refractivity contribution >= 4 is 19.4 Å². The fourth-order valence-corrected chi connectivity index (χ4v) is 5.06. The topological polar surface area (TPSA) is 20.2 Å². The molecule has 2 rings (SSSR count). The molecule has 1 aliphatic carbocycles. The number of benzene rings is 1. The van der Waals surface area contributed by atoms with E-state index in [-0.39, 0.29) is 4.31 Å². The van der Waals surface area contributed by atoms with Crippen LogP contribution in [0.1, 0.15) is 32.1 Å². The molecule has 1 N–H and O–H groups in total. The summed E-state index contributed by atoms with van der Waals surface area (Å²) in [6.45, 7) is 0.377. The Bertz CT molecular complexity index is 291. The number of rotatable bonds is 3. The molecule has 0 unspecified atom stereocenters. The summed E-state index contributed by atoms with van der Waals surface area (Å²) < 4.78 is 1.67. The summed E-state index contributed by atoms with van der Waals surface area (Å²) in [6.07, 6.45) is 6.40. The van der Waals surface area contributed by atoms with Crippen molar-refractivity contribution in [1.82, 2.24) is 0 Å². The van der Waals surface area contributed by atoms with Gasteiger partial charge in [-0.3, -0.25) is 0 Å². The average Bonchev–Trinajstić information content (AvgIpc) is 2.32. The Morgan fingerprint density at radius 2 is 1.73 bits per heavy atom. The molecule has 1 aliphatic rings. The molecule has 0 heterocycles. The number of aliphatic hydroxyl groups is 1. The van der Waals surface area contributed by atoms with Gasteiger partial charge in [-0.1, -0.05) is 0 Å². The van der Waals surface area contributed by atoms with Crippen molar-refractivity contribution in [3.63, 3.8) is 0 Å². The fraction of sp³-hybridized carbons (Fsp3) is 0.538. The molecule has 1 saturated carbocycles. The van der Waals surface area contributed by atoms with Crippen molar-refractivity contribution in [3.05, 3.63) is 30.3 Å². The Balaban J connectivity index is 2.07. The molecule has 2 heteroatoms. The Morgan fingerprint density at radius 3 is 2.33 bits per heavy atom. The van der Waals surface area contributed by atoms with Crippen LogP contribution in [0.15, 0.2) is 30.3 Å². The van der Waals surface area contributed by atoms with E-state index in [1.54, 1.807) is 0 Å². The summed E-state index contributed by atoms with van der Waals surface area (Å²) in [5.41, 5.74) is 0. The zero-order chi connectivity index (χ0) is 10.6. The molecule has 0 atom stereocenters. The van der Waals surface area contributed by atoms with Gasteiger partial charge in [0.05, 0.1) is 0 Å². The summed E-state index contributed by atoms with van der Waals surface area (Å²) in [7, 11) is 0. The third-order valence-electron chi connectivity index (χ3n) is 3.13. The van der Waals surface area contributed by atoms with Crippen molar-refractivity contribution in [2.24, 2.45) is 0 Å². The van der Waals surface area contributed by atoms with Gasteiger partial charge >= 0.3 is 97.9 Å². The molecule has 0 aromatic heterocycles. The second kappa shape index (κ2) is 5.16. The van der Waals surface area contributed by atoms with Gasteiger partial charge in [-0.15, -0.1) is 0 Å². The van der Waals surface area contributed by atoms with Crippen LogP contribution >= 0.6 is 0 Å². The van der Waals surface area contributed by atoms with Crippen molar-refractivity contribution in [2.75, 3.05) is 6.61 Å². The quantitative estimate of drug-likeness (QED) is 0.833. The van der Waals surface area contributed by atoms with Gasteiger partial charge in [0, 0.05) is 0 Å². The molecular formula is C13H18OSe. The van der Waals surface area contributed by atoms with Crippen molar-refractivity contribution in [2.45, 2.75) is 36.4 Å². The summed E-state index contributed by atoms with van der Waals surface area (Å²) in [4.78, 5) is 0. The van der Waals surface area contributed by atoms with Crippen molar-refractivity contribution in [1.29, 1.82) is 0 Å². The Kier molecular flexibility index (Phi) is 3.85. The second-order valence-corrected chi connectivity index (χ2v) is 7.55. The van der Waals surface area contributed by atoms with Gasteiger partial charge in [-0.25, -0.2) is 0 Å². The molecule has 1 nitrogen and oxygen atoms in total. The molecule has 15 heavy (non-hydrogen) atoms. The van der Waals surface area contributed by atoms with Crippen LogP contribution in [0.25, 0.3) is 0 Å². The van der Waals surface area contributed by atoms with Crippen LogP contribution in [0.4, 0.5) is 0 Å². The van der Waals surface area contributed by atoms with Crippen molar-refractivity contribution in [3.8, 4) is 0 Å². The number of hydrogen-bond donors (Lipinski definition) is 1. The maximum absolute atomic E-state index is 9.62. The molecule has 0 radical (unpaired) electrons. The zero-order valence-electron chi connectivity index (χ0n) is 8.98. The minimum absolute atomic E-state index is 0.243. The van der Waals surface area contributed by atoms with E-state index < -0.39 is 0 Å². The van der Waals surface area contributed by atoms with Crippen LogP contribution in [0, 0.1) is 0 Å². The van der Waals surface area contributed by atoms with Crippen LogP contribution in [0.5, 0.6) is 0 Å². The summed E-state index contributed by atoms with van der Waals surface area (Å²) in [5.74, 6) is 0. The van der Waals surface area contributed by atoms with E-state index in [1.165, 1.54) is 36.6 Å². The molecule has 1 aromatic carbocycles. The van der Waals surface area contributed by atoms with Gasteiger partial charge in [0.1, 0.15) is 0 Å². The Labute approximate surface area is 98.1 Å². The first-order valence-electron chi connectivity index (χ1n) is 5.70. The van der Waals surface area contributed by atoms with Gasteiger partial charge in [0.25, 0.3) is 0 Å². The molecule has 82 valence electrons. The Hall–Kier alpha value is -0.301. The molecule has 0 bridgehead atoms. The van der Waals surface area contributed by atoms with Gasteiger partial charge in [0.2, 0.25) is 0 Å². The standard InChI is InChI=1S/C13H18OSe/c14-11-13(9-5-2-6-10-13)15-12-7-3-1-4-8-12/h1,3-4,7-8,14H,2,5-6,9-11H2. The molecule has 0 aliphatic heterocycles. The first-order valence-corrected chi connectivity index (χ1v) is 7.41. The van der Waals surface area contributed by atoms with Gasteiger partial charge < -0.3 is 0 Å². The van der Waals surface area contributed by atoms with Gasteiger partial charge in [0.15, 0.2) is 0 Å². The molecule has 0 spiro atoms. The predicted molar refractivity (Wildman–Crippen MR) is 64.7 cm³/mol. The van der Waals surface area contributed by atoms with Gasteiger partial charge in [-0.2, -0.15) is 0 Å². The fourth-order valence-electron chi connectivity index (χ4n) is 2.23. The monoisotopic (exact) mass is 270 g/mol. The average molecular weight is 269 g/mol. The van der Waals surface area contributed by atoms with Crippen LogP contribution in [0.2, 0.25) is 4.31 Å². The third kappa shape index (κ3) is 2.84. The number of aliphatic hydroxyl groups excluding tert-OH is 1. The molecular weight excluding hydrogens is 251 g/mol. The molecule has 0 amide bonds. The van der Waals surface area contributed by atoms with Crippen molar-refractivity contribution < 1.29 is 5.11 Å². The van der Waals surface area contributed by atoms with E-state index in [9.17, 15) is 5.11 Å². The van der Waals surface area contributed by atoms with Crippen LogP contribution in [-0.2, 0) is 0 Å². The molecule has 1 fully saturated rings. The van der Waals surface area contributed by atoms with E-state index in [0.29, 0.717) is 21.6 Å². The van der Waals surface area contributed by atoms with Gasteiger partial charge in [-0.05, 0) is 0 Å².